The zero-order chi connectivity index (χ0) is 15.5. The number of hydrogen-bond acceptors (Lipinski definition) is 4. The van der Waals surface area contributed by atoms with Crippen LogP contribution in [-0.2, 0) is 6.54 Å². The molecular weight excluding hydrogens is 309 g/mol. The highest BCUT2D eigenvalue weighted by molar-refractivity contribution is 7.09. The third-order valence-corrected chi connectivity index (χ3v) is 3.18. The number of aromatic nitrogens is 1. The largest absolute Gasteiger partial charge is 0.573 e. The number of benzene rings is 1. The van der Waals surface area contributed by atoms with Crippen molar-refractivity contribution < 1.29 is 27.8 Å². The predicted molar refractivity (Wildman–Crippen MR) is 69.1 cm³/mol. The molecule has 9 heteroatoms. The molecule has 0 radical (unpaired) electrons. The van der Waals surface area contributed by atoms with Crippen LogP contribution >= 0.6 is 11.3 Å². The predicted octanol–water partition coefficient (Wildman–Crippen LogP) is 3.48. The van der Waals surface area contributed by atoms with E-state index in [2.05, 4.69) is 15.0 Å². The van der Waals surface area contributed by atoms with Gasteiger partial charge in [0.2, 0.25) is 0 Å². The van der Waals surface area contributed by atoms with E-state index in [0.29, 0.717) is 10.7 Å². The van der Waals surface area contributed by atoms with E-state index in [4.69, 9.17) is 5.11 Å². The molecule has 2 rings (SSSR count). The molecule has 0 saturated carbocycles. The topological polar surface area (TPSA) is 71.5 Å². The van der Waals surface area contributed by atoms with Gasteiger partial charge in [0.15, 0.2) is 0 Å². The summed E-state index contributed by atoms with van der Waals surface area (Å²) in [5.41, 5.74) is 0.481. The number of nitrogens with one attached hydrogen (secondary N) is 1. The summed E-state index contributed by atoms with van der Waals surface area (Å²) in [4.78, 5) is 14.5. The Balaban J connectivity index is 2.24. The quantitative estimate of drug-likeness (QED) is 0.905. The Kier molecular flexibility index (Phi) is 4.32. The molecule has 112 valence electrons. The summed E-state index contributed by atoms with van der Waals surface area (Å²) in [5.74, 6) is -0.354. The van der Waals surface area contributed by atoms with E-state index in [0.717, 1.165) is 11.3 Å². The summed E-state index contributed by atoms with van der Waals surface area (Å²) in [5, 5.41) is 12.6. The van der Waals surface area contributed by atoms with Crippen LogP contribution in [0, 0.1) is 0 Å². The van der Waals surface area contributed by atoms with Crippen molar-refractivity contribution in [3.05, 3.63) is 34.7 Å². The molecule has 0 bridgehead atoms. The molecule has 1 heterocycles. The van der Waals surface area contributed by atoms with Gasteiger partial charge in [-0.1, -0.05) is 12.1 Å². The Morgan fingerprint density at radius 2 is 2.10 bits per heavy atom. The summed E-state index contributed by atoms with van der Waals surface area (Å²) in [6.07, 6.45) is -5.99. The minimum absolute atomic E-state index is 0.0116. The van der Waals surface area contributed by atoms with Gasteiger partial charge in [0, 0.05) is 10.9 Å². The van der Waals surface area contributed by atoms with E-state index in [-0.39, 0.29) is 17.9 Å². The second-order valence-corrected chi connectivity index (χ2v) is 4.77. The molecule has 0 aliphatic rings. The Morgan fingerprint density at radius 3 is 2.76 bits per heavy atom. The van der Waals surface area contributed by atoms with Crippen LogP contribution in [0.5, 0.6) is 5.75 Å². The van der Waals surface area contributed by atoms with E-state index in [1.807, 2.05) is 0 Å². The number of alkyl halides is 3. The molecule has 2 N–H and O–H groups in total. The van der Waals surface area contributed by atoms with Gasteiger partial charge in [-0.05, 0) is 12.1 Å². The maximum absolute atomic E-state index is 12.3. The van der Waals surface area contributed by atoms with Gasteiger partial charge >= 0.3 is 12.5 Å². The third kappa shape index (κ3) is 4.35. The number of ether oxygens (including phenoxy) is 1. The Bertz CT molecular complexity index is 643. The lowest BCUT2D eigenvalue weighted by Crippen LogP contribution is -2.19. The number of nitrogens with zero attached hydrogens (tertiary/aromatic N) is 1. The second kappa shape index (κ2) is 6.00. The minimum Gasteiger partial charge on any atom is -0.465 e. The van der Waals surface area contributed by atoms with E-state index in [1.54, 1.807) is 6.07 Å². The molecule has 0 saturated heterocycles. The molecule has 1 amide bonds. The first-order valence-electron chi connectivity index (χ1n) is 5.61. The lowest BCUT2D eigenvalue weighted by molar-refractivity contribution is -0.274. The summed E-state index contributed by atoms with van der Waals surface area (Å²) in [6, 6.07) is 5.62. The molecule has 0 aliphatic heterocycles. The summed E-state index contributed by atoms with van der Waals surface area (Å²) >= 11 is 1.14. The number of rotatable bonds is 4. The maximum Gasteiger partial charge on any atom is 0.573 e. The fourth-order valence-corrected chi connectivity index (χ4v) is 2.29. The van der Waals surface area contributed by atoms with Gasteiger partial charge in [-0.15, -0.1) is 24.5 Å². The fraction of sp³-hybridized carbons (Fsp3) is 0.167. The third-order valence-electron chi connectivity index (χ3n) is 2.33. The van der Waals surface area contributed by atoms with Crippen LogP contribution in [0.15, 0.2) is 29.6 Å². The monoisotopic (exact) mass is 318 g/mol. The van der Waals surface area contributed by atoms with Crippen molar-refractivity contribution in [2.45, 2.75) is 12.9 Å². The molecule has 0 unspecified atom stereocenters. The first-order chi connectivity index (χ1) is 9.85. The van der Waals surface area contributed by atoms with Crippen molar-refractivity contribution in [1.82, 2.24) is 10.3 Å². The SMILES string of the molecule is O=C(O)NCc1nc(-c2ccccc2OC(F)(F)F)cs1. The van der Waals surface area contributed by atoms with Crippen LogP contribution in [-0.4, -0.2) is 22.5 Å². The van der Waals surface area contributed by atoms with E-state index < -0.39 is 12.5 Å². The number of halogens is 3. The molecule has 1 aromatic carbocycles. The molecule has 0 aliphatic carbocycles. The molecule has 2 aromatic rings. The van der Waals surface area contributed by atoms with Gasteiger partial charge in [-0.2, -0.15) is 0 Å². The first-order valence-corrected chi connectivity index (χ1v) is 6.49. The van der Waals surface area contributed by atoms with Crippen molar-refractivity contribution in [3.63, 3.8) is 0 Å². The Morgan fingerprint density at radius 1 is 1.38 bits per heavy atom. The number of para-hydroxylation sites is 1. The highest BCUT2D eigenvalue weighted by atomic mass is 32.1. The first kappa shape index (κ1) is 15.1. The molecule has 5 nitrogen and oxygen atoms in total. The lowest BCUT2D eigenvalue weighted by Gasteiger charge is -2.11. The summed E-state index contributed by atoms with van der Waals surface area (Å²) < 4.78 is 41.0. The van der Waals surface area contributed by atoms with Gasteiger partial charge in [0.25, 0.3) is 0 Å². The van der Waals surface area contributed by atoms with Crippen LogP contribution in [0.4, 0.5) is 18.0 Å². The second-order valence-electron chi connectivity index (χ2n) is 3.83. The van der Waals surface area contributed by atoms with Crippen LogP contribution < -0.4 is 10.1 Å². The molecule has 0 spiro atoms. The van der Waals surface area contributed by atoms with E-state index in [1.165, 1.54) is 23.6 Å². The number of thiazole rings is 1. The van der Waals surface area contributed by atoms with E-state index in [9.17, 15) is 18.0 Å². The van der Waals surface area contributed by atoms with Crippen LogP contribution in [0.3, 0.4) is 0 Å². The van der Waals surface area contributed by atoms with E-state index >= 15 is 0 Å². The molecule has 0 atom stereocenters. The lowest BCUT2D eigenvalue weighted by atomic mass is 10.1. The Hall–Kier alpha value is -2.29. The molecular formula is C12H9F3N2O3S. The number of amides is 1. The highest BCUT2D eigenvalue weighted by Gasteiger charge is 2.32. The van der Waals surface area contributed by atoms with Gasteiger partial charge in [0.1, 0.15) is 10.8 Å². The van der Waals surface area contributed by atoms with Crippen molar-refractivity contribution in [3.8, 4) is 17.0 Å². The van der Waals surface area contributed by atoms with Gasteiger partial charge in [0.05, 0.1) is 12.2 Å². The summed E-state index contributed by atoms with van der Waals surface area (Å²) in [7, 11) is 0. The van der Waals surface area contributed by atoms with Crippen LogP contribution in [0.2, 0.25) is 0 Å². The zero-order valence-electron chi connectivity index (χ0n) is 10.3. The van der Waals surface area contributed by atoms with Crippen LogP contribution in [0.1, 0.15) is 5.01 Å². The van der Waals surface area contributed by atoms with Gasteiger partial charge in [-0.3, -0.25) is 0 Å². The molecule has 0 fully saturated rings. The van der Waals surface area contributed by atoms with Crippen molar-refractivity contribution >= 4 is 17.4 Å². The highest BCUT2D eigenvalue weighted by Crippen LogP contribution is 2.34. The molecule has 21 heavy (non-hydrogen) atoms. The number of carbonyl (C=O) groups is 1. The summed E-state index contributed by atoms with van der Waals surface area (Å²) in [6.45, 7) is -0.0116. The minimum atomic E-state index is -4.79. The van der Waals surface area contributed by atoms with Crippen molar-refractivity contribution in [1.29, 1.82) is 0 Å². The Labute approximate surface area is 121 Å². The van der Waals surface area contributed by atoms with Gasteiger partial charge in [-0.25, -0.2) is 9.78 Å². The van der Waals surface area contributed by atoms with Crippen molar-refractivity contribution in [2.24, 2.45) is 0 Å². The molecule has 1 aromatic heterocycles. The smallest absolute Gasteiger partial charge is 0.465 e. The number of carboxylic acid groups (broad SMARTS) is 1. The van der Waals surface area contributed by atoms with Crippen LogP contribution in [0.25, 0.3) is 11.3 Å². The standard InChI is InChI=1S/C12H9F3N2O3S/c13-12(14,15)20-9-4-2-1-3-7(9)8-6-21-10(17-8)5-16-11(18)19/h1-4,6,16H,5H2,(H,18,19). The number of hydrogen-bond donors (Lipinski definition) is 2. The average Bonchev–Trinajstić information content (AvgIpc) is 2.83. The zero-order valence-corrected chi connectivity index (χ0v) is 11.2. The fourth-order valence-electron chi connectivity index (χ4n) is 1.56. The van der Waals surface area contributed by atoms with Crippen molar-refractivity contribution in [2.75, 3.05) is 0 Å². The maximum atomic E-state index is 12.3. The normalized spacial score (nSPS) is 11.2. The van der Waals surface area contributed by atoms with Gasteiger partial charge < -0.3 is 15.2 Å². The average molecular weight is 318 g/mol.